The molecule has 3 aromatic rings. The highest BCUT2D eigenvalue weighted by molar-refractivity contribution is 8.26. The van der Waals surface area contributed by atoms with Crippen LogP contribution < -0.4 is 10.3 Å². The second-order valence-corrected chi connectivity index (χ2v) is 9.87. The SMILES string of the molecule is CCCN1C(=O)/C(=C/c2c(Oc3cc(C)ccc3C(C)C)nc3ccccn3c2=O)SC1=S. The van der Waals surface area contributed by atoms with Gasteiger partial charge < -0.3 is 4.74 Å². The maximum absolute atomic E-state index is 13.4. The molecule has 6 nitrogen and oxygen atoms in total. The van der Waals surface area contributed by atoms with Crippen LogP contribution in [0, 0.1) is 6.92 Å². The van der Waals surface area contributed by atoms with Crippen LogP contribution in [0.25, 0.3) is 11.7 Å². The molecule has 2 aromatic heterocycles. The first-order chi connectivity index (χ1) is 15.8. The van der Waals surface area contributed by atoms with Crippen LogP contribution in [0.1, 0.15) is 49.8 Å². The fourth-order valence-corrected chi connectivity index (χ4v) is 4.93. The lowest BCUT2D eigenvalue weighted by Crippen LogP contribution is -2.28. The van der Waals surface area contributed by atoms with Gasteiger partial charge in [0.25, 0.3) is 11.5 Å². The van der Waals surface area contributed by atoms with Crippen LogP contribution >= 0.6 is 24.0 Å². The molecule has 170 valence electrons. The van der Waals surface area contributed by atoms with Crippen LogP contribution in [-0.4, -0.2) is 31.1 Å². The molecule has 0 radical (unpaired) electrons. The molecule has 4 rings (SSSR count). The molecule has 0 bridgehead atoms. The van der Waals surface area contributed by atoms with E-state index in [-0.39, 0.29) is 28.8 Å². The van der Waals surface area contributed by atoms with Crippen molar-refractivity contribution in [3.05, 3.63) is 74.5 Å². The van der Waals surface area contributed by atoms with E-state index >= 15 is 0 Å². The molecule has 1 aliphatic rings. The average Bonchev–Trinajstić information content (AvgIpc) is 3.04. The molecule has 1 aliphatic heterocycles. The number of rotatable bonds is 6. The molecule has 33 heavy (non-hydrogen) atoms. The first kappa shape index (κ1) is 23.2. The highest BCUT2D eigenvalue weighted by Crippen LogP contribution is 2.35. The van der Waals surface area contributed by atoms with Gasteiger partial charge in [0.2, 0.25) is 5.88 Å². The summed E-state index contributed by atoms with van der Waals surface area (Å²) in [5.74, 6) is 0.828. The zero-order chi connectivity index (χ0) is 23.7. The normalized spacial score (nSPS) is 15.3. The molecule has 3 heterocycles. The topological polar surface area (TPSA) is 63.9 Å². The van der Waals surface area contributed by atoms with Gasteiger partial charge in [-0.1, -0.05) is 63.0 Å². The van der Waals surface area contributed by atoms with Gasteiger partial charge in [-0.2, -0.15) is 4.98 Å². The van der Waals surface area contributed by atoms with Crippen molar-refractivity contribution in [2.45, 2.75) is 40.0 Å². The molecular formula is C25H25N3O3S2. The van der Waals surface area contributed by atoms with E-state index in [1.165, 1.54) is 16.2 Å². The Kier molecular flexibility index (Phi) is 6.67. The maximum atomic E-state index is 13.4. The van der Waals surface area contributed by atoms with Crippen molar-refractivity contribution >= 4 is 45.9 Å². The van der Waals surface area contributed by atoms with Crippen molar-refractivity contribution in [1.82, 2.24) is 14.3 Å². The van der Waals surface area contributed by atoms with E-state index in [1.807, 2.05) is 38.1 Å². The summed E-state index contributed by atoms with van der Waals surface area (Å²) in [6.45, 7) is 8.68. The Labute approximate surface area is 202 Å². The average molecular weight is 480 g/mol. The smallest absolute Gasteiger partial charge is 0.269 e. The number of carbonyl (C=O) groups excluding carboxylic acids is 1. The number of ether oxygens (including phenoxy) is 1. The van der Waals surface area contributed by atoms with Gasteiger partial charge in [-0.3, -0.25) is 18.9 Å². The zero-order valence-corrected chi connectivity index (χ0v) is 20.6. The zero-order valence-electron chi connectivity index (χ0n) is 19.0. The summed E-state index contributed by atoms with van der Waals surface area (Å²) in [5, 5.41) is 0. The van der Waals surface area contributed by atoms with Crippen LogP contribution in [-0.2, 0) is 4.79 Å². The largest absolute Gasteiger partial charge is 0.438 e. The minimum absolute atomic E-state index is 0.166. The molecule has 1 saturated heterocycles. The van der Waals surface area contributed by atoms with E-state index in [2.05, 4.69) is 18.8 Å². The monoisotopic (exact) mass is 479 g/mol. The summed E-state index contributed by atoms with van der Waals surface area (Å²) in [6.07, 6.45) is 4.00. The molecule has 0 unspecified atom stereocenters. The van der Waals surface area contributed by atoms with Gasteiger partial charge in [-0.15, -0.1) is 0 Å². The van der Waals surface area contributed by atoms with Crippen molar-refractivity contribution in [3.8, 4) is 11.6 Å². The third-order valence-corrected chi connectivity index (χ3v) is 6.71. The van der Waals surface area contributed by atoms with Gasteiger partial charge in [-0.05, 0) is 54.7 Å². The third kappa shape index (κ3) is 4.58. The van der Waals surface area contributed by atoms with Gasteiger partial charge in [-0.25, -0.2) is 0 Å². The number of nitrogens with zero attached hydrogens (tertiary/aromatic N) is 3. The first-order valence-electron chi connectivity index (χ1n) is 10.8. The highest BCUT2D eigenvalue weighted by atomic mass is 32.2. The molecule has 1 fully saturated rings. The lowest BCUT2D eigenvalue weighted by molar-refractivity contribution is -0.122. The second kappa shape index (κ2) is 9.49. The lowest BCUT2D eigenvalue weighted by Gasteiger charge is -2.16. The van der Waals surface area contributed by atoms with E-state index < -0.39 is 0 Å². The van der Waals surface area contributed by atoms with Crippen LogP contribution in [0.15, 0.2) is 52.3 Å². The van der Waals surface area contributed by atoms with E-state index in [0.717, 1.165) is 17.5 Å². The molecule has 8 heteroatoms. The first-order valence-corrected chi connectivity index (χ1v) is 12.1. The summed E-state index contributed by atoms with van der Waals surface area (Å²) in [6, 6.07) is 11.3. The fraction of sp³-hybridized carbons (Fsp3) is 0.280. The van der Waals surface area contributed by atoms with Gasteiger partial charge >= 0.3 is 0 Å². The third-order valence-electron chi connectivity index (χ3n) is 5.33. The van der Waals surface area contributed by atoms with E-state index in [4.69, 9.17) is 17.0 Å². The number of thioether (sulfide) groups is 1. The Balaban J connectivity index is 1.89. The minimum Gasteiger partial charge on any atom is -0.438 e. The number of aryl methyl sites for hydroxylation is 1. The quantitative estimate of drug-likeness (QED) is 0.342. The van der Waals surface area contributed by atoms with Gasteiger partial charge in [0.05, 0.1) is 4.91 Å². The predicted molar refractivity (Wildman–Crippen MR) is 137 cm³/mol. The fourth-order valence-electron chi connectivity index (χ4n) is 3.64. The van der Waals surface area contributed by atoms with Gasteiger partial charge in [0.1, 0.15) is 21.3 Å². The molecular weight excluding hydrogens is 454 g/mol. The number of carbonyl (C=O) groups is 1. The molecule has 1 aromatic carbocycles. The number of hydrogen-bond donors (Lipinski definition) is 0. The summed E-state index contributed by atoms with van der Waals surface area (Å²) >= 11 is 6.57. The van der Waals surface area contributed by atoms with Crippen molar-refractivity contribution in [1.29, 1.82) is 0 Å². The van der Waals surface area contributed by atoms with Crippen LogP contribution in [0.2, 0.25) is 0 Å². The molecule has 0 aliphatic carbocycles. The summed E-state index contributed by atoms with van der Waals surface area (Å²) in [4.78, 5) is 32.9. The summed E-state index contributed by atoms with van der Waals surface area (Å²) in [7, 11) is 0. The number of thiocarbonyl (C=S) groups is 1. The Morgan fingerprint density at radius 2 is 2.00 bits per heavy atom. The van der Waals surface area contributed by atoms with Crippen LogP contribution in [0.3, 0.4) is 0 Å². The predicted octanol–water partition coefficient (Wildman–Crippen LogP) is 5.53. The number of benzene rings is 1. The Hall–Kier alpha value is -2.97. The highest BCUT2D eigenvalue weighted by Gasteiger charge is 2.32. The molecule has 0 spiro atoms. The van der Waals surface area contributed by atoms with Gasteiger partial charge in [0.15, 0.2) is 0 Å². The number of amides is 1. The second-order valence-electron chi connectivity index (χ2n) is 8.20. The Morgan fingerprint density at radius 3 is 2.73 bits per heavy atom. The Bertz CT molecular complexity index is 1340. The summed E-state index contributed by atoms with van der Waals surface area (Å²) < 4.78 is 8.22. The number of aromatic nitrogens is 2. The van der Waals surface area contributed by atoms with Crippen molar-refractivity contribution in [2.75, 3.05) is 6.54 Å². The van der Waals surface area contributed by atoms with Crippen molar-refractivity contribution in [2.24, 2.45) is 0 Å². The van der Waals surface area contributed by atoms with E-state index in [0.29, 0.717) is 27.2 Å². The van der Waals surface area contributed by atoms with Crippen molar-refractivity contribution in [3.63, 3.8) is 0 Å². The van der Waals surface area contributed by atoms with Gasteiger partial charge in [0, 0.05) is 12.7 Å². The summed E-state index contributed by atoms with van der Waals surface area (Å²) in [5.41, 5.74) is 2.42. The number of hydrogen-bond acceptors (Lipinski definition) is 6. The van der Waals surface area contributed by atoms with E-state index in [1.54, 1.807) is 29.3 Å². The van der Waals surface area contributed by atoms with E-state index in [9.17, 15) is 9.59 Å². The molecule has 1 amide bonds. The van der Waals surface area contributed by atoms with Crippen LogP contribution in [0.5, 0.6) is 11.6 Å². The maximum Gasteiger partial charge on any atom is 0.269 e. The minimum atomic E-state index is -0.310. The number of pyridine rings is 1. The number of fused-ring (bicyclic) bond motifs is 1. The standard InChI is InChI=1S/C25H25N3O3S2/c1-5-11-28-24(30)20(33-25(28)32)14-18-22(26-21-8-6-7-12-27(21)23(18)29)31-19-13-16(4)9-10-17(19)15(2)3/h6-10,12-15H,5,11H2,1-4H3/b20-14-. The van der Waals surface area contributed by atoms with Crippen LogP contribution in [0.4, 0.5) is 0 Å². The molecule has 0 N–H and O–H groups in total. The lowest BCUT2D eigenvalue weighted by atomic mass is 10.0. The Morgan fingerprint density at radius 1 is 1.21 bits per heavy atom. The van der Waals surface area contributed by atoms with Crippen molar-refractivity contribution < 1.29 is 9.53 Å². The molecule has 0 saturated carbocycles. The molecule has 0 atom stereocenters.